The maximum atomic E-state index is 12.0. The minimum absolute atomic E-state index is 0.0101. The first-order valence-electron chi connectivity index (χ1n) is 6.20. The summed E-state index contributed by atoms with van der Waals surface area (Å²) in [6.07, 6.45) is 6.37. The Kier molecular flexibility index (Phi) is 4.55. The molecule has 0 aliphatic heterocycles. The van der Waals surface area contributed by atoms with Crippen LogP contribution in [0, 0.1) is 17.8 Å². The van der Waals surface area contributed by atoms with Crippen molar-refractivity contribution in [3.8, 4) is 0 Å². The molecule has 1 fully saturated rings. The fourth-order valence-electron chi connectivity index (χ4n) is 2.49. The van der Waals surface area contributed by atoms with Gasteiger partial charge in [0.1, 0.15) is 0 Å². The summed E-state index contributed by atoms with van der Waals surface area (Å²) in [7, 11) is -1.50. The van der Waals surface area contributed by atoms with Gasteiger partial charge in [0, 0.05) is 0 Å². The van der Waals surface area contributed by atoms with E-state index in [4.69, 9.17) is 13.6 Å². The lowest BCUT2D eigenvalue weighted by Crippen LogP contribution is -2.20. The van der Waals surface area contributed by atoms with E-state index < -0.39 is 8.60 Å². The average Bonchev–Trinajstić information content (AvgIpc) is 2.91. The Bertz CT molecular complexity index is 299. The highest BCUT2D eigenvalue weighted by Gasteiger charge is 2.41. The number of fused-ring (bicyclic) bond motifs is 2. The average molecular weight is 258 g/mol. The predicted molar refractivity (Wildman–Crippen MR) is 65.1 cm³/mol. The van der Waals surface area contributed by atoms with Crippen molar-refractivity contribution in [1.29, 1.82) is 0 Å². The number of carbonyl (C=O) groups excluding carboxylic acids is 1. The van der Waals surface area contributed by atoms with Gasteiger partial charge in [-0.25, -0.2) is 0 Å². The van der Waals surface area contributed by atoms with Crippen LogP contribution < -0.4 is 0 Å². The first-order chi connectivity index (χ1) is 8.24. The molecule has 0 aromatic heterocycles. The van der Waals surface area contributed by atoms with Crippen molar-refractivity contribution in [1.82, 2.24) is 0 Å². The second kappa shape index (κ2) is 5.94. The molecule has 96 valence electrons. The highest BCUT2D eigenvalue weighted by Crippen LogP contribution is 2.47. The summed E-state index contributed by atoms with van der Waals surface area (Å²) in [6.45, 7) is 4.72. The summed E-state index contributed by atoms with van der Waals surface area (Å²) in [5.41, 5.74) is 0. The van der Waals surface area contributed by atoms with Crippen LogP contribution in [-0.4, -0.2) is 19.2 Å². The van der Waals surface area contributed by atoms with Crippen LogP contribution in [-0.2, 0) is 18.4 Å². The molecule has 2 bridgehead atoms. The normalized spacial score (nSPS) is 30.2. The third-order valence-electron chi connectivity index (χ3n) is 3.22. The number of hydrogen-bond donors (Lipinski definition) is 0. The fraction of sp³-hybridized carbons (Fsp3) is 0.750. The van der Waals surface area contributed by atoms with Gasteiger partial charge in [-0.2, -0.15) is 0 Å². The van der Waals surface area contributed by atoms with Gasteiger partial charge in [-0.05, 0) is 38.5 Å². The van der Waals surface area contributed by atoms with Crippen LogP contribution >= 0.6 is 8.60 Å². The zero-order valence-electron chi connectivity index (χ0n) is 10.3. The van der Waals surface area contributed by atoms with Gasteiger partial charge < -0.3 is 13.6 Å². The first-order valence-corrected chi connectivity index (χ1v) is 7.30. The molecule has 1 saturated carbocycles. The van der Waals surface area contributed by atoms with E-state index in [1.807, 2.05) is 13.8 Å². The Labute approximate surface area is 103 Å². The number of carbonyl (C=O) groups is 1. The standard InChI is InChI=1S/C12H19O4P/c1-3-14-17(15-4-2)16-12(13)11-8-9-5-6-10(11)7-9/h5-6,9-11H,3-4,7-8H2,1-2H3. The second-order valence-corrected chi connectivity index (χ2v) is 5.50. The molecule has 0 amide bonds. The van der Waals surface area contributed by atoms with Crippen molar-refractivity contribution in [3.05, 3.63) is 12.2 Å². The van der Waals surface area contributed by atoms with Crippen LogP contribution in [0.25, 0.3) is 0 Å². The first kappa shape index (κ1) is 13.0. The quantitative estimate of drug-likeness (QED) is 0.542. The Morgan fingerprint density at radius 1 is 1.24 bits per heavy atom. The summed E-state index contributed by atoms with van der Waals surface area (Å²) in [6, 6.07) is 0. The second-order valence-electron chi connectivity index (χ2n) is 4.36. The molecule has 0 saturated heterocycles. The van der Waals surface area contributed by atoms with Crippen molar-refractivity contribution in [3.63, 3.8) is 0 Å². The number of allylic oxidation sites excluding steroid dienone is 2. The third kappa shape index (κ3) is 3.06. The number of hydrogen-bond acceptors (Lipinski definition) is 4. The van der Waals surface area contributed by atoms with E-state index in [0.717, 1.165) is 12.8 Å². The molecule has 4 nitrogen and oxygen atoms in total. The molecule has 5 heteroatoms. The smallest absolute Gasteiger partial charge is 0.394 e. The van der Waals surface area contributed by atoms with Gasteiger partial charge in [0.15, 0.2) is 0 Å². The molecular weight excluding hydrogens is 239 g/mol. The molecule has 3 unspecified atom stereocenters. The van der Waals surface area contributed by atoms with E-state index in [9.17, 15) is 4.79 Å². The predicted octanol–water partition coefficient (Wildman–Crippen LogP) is 3.04. The maximum absolute atomic E-state index is 12.0. The summed E-state index contributed by atoms with van der Waals surface area (Å²) >= 11 is 0. The zero-order valence-corrected chi connectivity index (χ0v) is 11.2. The Hall–Kier alpha value is -0.440. The fourth-order valence-corrected chi connectivity index (χ4v) is 3.38. The van der Waals surface area contributed by atoms with Crippen LogP contribution in [0.5, 0.6) is 0 Å². The van der Waals surface area contributed by atoms with Crippen molar-refractivity contribution >= 4 is 14.6 Å². The summed E-state index contributed by atoms with van der Waals surface area (Å²) in [4.78, 5) is 12.0. The molecule has 0 radical (unpaired) electrons. The lowest BCUT2D eigenvalue weighted by molar-refractivity contribution is -0.140. The molecule has 0 aromatic rings. The van der Waals surface area contributed by atoms with Crippen molar-refractivity contribution < 1.29 is 18.4 Å². The SMILES string of the molecule is CCOP(OCC)OC(=O)C1CC2C=CC1C2. The molecule has 0 N–H and O–H groups in total. The van der Waals surface area contributed by atoms with Gasteiger partial charge in [-0.15, -0.1) is 0 Å². The van der Waals surface area contributed by atoms with Crippen molar-refractivity contribution in [2.75, 3.05) is 13.2 Å². The summed E-state index contributed by atoms with van der Waals surface area (Å²) in [5.74, 6) is 0.793. The minimum Gasteiger partial charge on any atom is -0.394 e. The van der Waals surface area contributed by atoms with E-state index in [2.05, 4.69) is 12.2 Å². The van der Waals surface area contributed by atoms with Gasteiger partial charge in [-0.3, -0.25) is 4.79 Å². The van der Waals surface area contributed by atoms with E-state index in [1.54, 1.807) is 0 Å². The Balaban J connectivity index is 1.85. The third-order valence-corrected chi connectivity index (χ3v) is 4.48. The lowest BCUT2D eigenvalue weighted by atomic mass is 9.94. The lowest BCUT2D eigenvalue weighted by Gasteiger charge is -2.20. The van der Waals surface area contributed by atoms with E-state index in [0.29, 0.717) is 25.0 Å². The molecular formula is C12H19O4P. The van der Waals surface area contributed by atoms with Crippen molar-refractivity contribution in [2.45, 2.75) is 26.7 Å². The summed E-state index contributed by atoms with van der Waals surface area (Å²) in [5, 5.41) is 0. The van der Waals surface area contributed by atoms with E-state index in [1.165, 1.54) is 0 Å². The highest BCUT2D eigenvalue weighted by atomic mass is 31.2. The molecule has 17 heavy (non-hydrogen) atoms. The Morgan fingerprint density at radius 3 is 2.41 bits per heavy atom. The summed E-state index contributed by atoms with van der Waals surface area (Å²) < 4.78 is 15.9. The minimum atomic E-state index is -1.50. The molecule has 0 spiro atoms. The van der Waals surface area contributed by atoms with Crippen LogP contribution in [0.1, 0.15) is 26.7 Å². The molecule has 0 aromatic carbocycles. The largest absolute Gasteiger partial charge is 0.399 e. The molecule has 2 aliphatic carbocycles. The molecule has 0 heterocycles. The van der Waals surface area contributed by atoms with Gasteiger partial charge in [0.2, 0.25) is 0 Å². The zero-order chi connectivity index (χ0) is 12.3. The topological polar surface area (TPSA) is 44.8 Å². The maximum Gasteiger partial charge on any atom is 0.399 e. The molecule has 2 aliphatic rings. The van der Waals surface area contributed by atoms with Crippen LogP contribution in [0.3, 0.4) is 0 Å². The van der Waals surface area contributed by atoms with E-state index >= 15 is 0 Å². The molecule has 3 atom stereocenters. The van der Waals surface area contributed by atoms with Crippen molar-refractivity contribution in [2.24, 2.45) is 17.8 Å². The van der Waals surface area contributed by atoms with Gasteiger partial charge >= 0.3 is 14.6 Å². The number of rotatable bonds is 6. The monoisotopic (exact) mass is 258 g/mol. The van der Waals surface area contributed by atoms with Gasteiger partial charge in [0.05, 0.1) is 19.1 Å². The highest BCUT2D eigenvalue weighted by molar-refractivity contribution is 7.42. The van der Waals surface area contributed by atoms with Gasteiger partial charge in [0.25, 0.3) is 0 Å². The molecule has 2 rings (SSSR count). The Morgan fingerprint density at radius 2 is 1.94 bits per heavy atom. The van der Waals surface area contributed by atoms with Gasteiger partial charge in [-0.1, -0.05) is 12.2 Å². The van der Waals surface area contributed by atoms with Crippen LogP contribution in [0.4, 0.5) is 0 Å². The van der Waals surface area contributed by atoms with Crippen LogP contribution in [0.2, 0.25) is 0 Å². The van der Waals surface area contributed by atoms with E-state index in [-0.39, 0.29) is 11.9 Å². The van der Waals surface area contributed by atoms with Crippen LogP contribution in [0.15, 0.2) is 12.2 Å².